The fourth-order valence-electron chi connectivity index (χ4n) is 7.98. The van der Waals surface area contributed by atoms with Gasteiger partial charge in [0.25, 0.3) is 5.91 Å². The van der Waals surface area contributed by atoms with E-state index in [2.05, 4.69) is 22.3 Å². The summed E-state index contributed by atoms with van der Waals surface area (Å²) in [6, 6.07) is 2.25. The van der Waals surface area contributed by atoms with Gasteiger partial charge in [0.1, 0.15) is 35.1 Å². The van der Waals surface area contributed by atoms with E-state index in [4.69, 9.17) is 9.47 Å². The Morgan fingerprint density at radius 3 is 2.49 bits per heavy atom. The summed E-state index contributed by atoms with van der Waals surface area (Å²) >= 11 is 0. The highest BCUT2D eigenvalue weighted by molar-refractivity contribution is 7.91. The van der Waals surface area contributed by atoms with Crippen LogP contribution in [0, 0.1) is 23.6 Å². The van der Waals surface area contributed by atoms with Crippen LogP contribution in [0.4, 0.5) is 14.0 Å². The van der Waals surface area contributed by atoms with E-state index in [1.807, 2.05) is 19.1 Å². The molecule has 302 valence electrons. The number of ether oxygens (including phenoxy) is 2. The maximum atomic E-state index is 14.8. The predicted molar refractivity (Wildman–Crippen MR) is 199 cm³/mol. The molecule has 0 spiro atoms. The van der Waals surface area contributed by atoms with E-state index in [-0.39, 0.29) is 44.3 Å². The third-order valence-corrected chi connectivity index (χ3v) is 13.9. The number of allylic oxidation sites excluding steroid dienone is 1. The minimum Gasteiger partial charge on any atom is -0.444 e. The number of hydrogen-bond acceptors (Lipinski definition) is 9. The second-order valence-electron chi connectivity index (χ2n) is 17.3. The fourth-order valence-corrected chi connectivity index (χ4v) is 9.29. The average molecular weight is 788 g/mol. The largest absolute Gasteiger partial charge is 0.444 e. The summed E-state index contributed by atoms with van der Waals surface area (Å²) in [5.41, 5.74) is -1.41. The van der Waals surface area contributed by atoms with E-state index < -0.39 is 85.7 Å². The number of hydrogen-bond donors (Lipinski definition) is 3. The number of carbonyl (C=O) groups excluding carboxylic acids is 5. The van der Waals surface area contributed by atoms with E-state index in [1.165, 1.54) is 15.9 Å². The van der Waals surface area contributed by atoms with Gasteiger partial charge in [-0.2, -0.15) is 0 Å². The molecule has 3 N–H and O–H groups in total. The third-order valence-electron chi connectivity index (χ3n) is 11.7. The molecule has 0 aromatic heterocycles. The number of alkyl carbamates (subject to hydrolysis) is 1. The van der Waals surface area contributed by atoms with Gasteiger partial charge in [0, 0.05) is 24.4 Å². The van der Waals surface area contributed by atoms with E-state index in [1.54, 1.807) is 39.8 Å². The van der Waals surface area contributed by atoms with Crippen molar-refractivity contribution in [2.45, 2.75) is 140 Å². The van der Waals surface area contributed by atoms with Crippen LogP contribution in [0.25, 0.3) is 0 Å². The molecule has 1 saturated heterocycles. The summed E-state index contributed by atoms with van der Waals surface area (Å²) in [5.74, 6) is -3.33. The Kier molecular flexibility index (Phi) is 11.1. The standard InChI is InChI=1S/C39H54FN5O9S/c1-7-24-17-23(2)11-8-9-13-26-19-39(26,34(48)43-55(51,52)38(6)15-16-38)42-32(46)30-18-27(21-45(30)33(47)31(24)41-35(49)54-37(3,4)5)53-36(50)44-20-25-12-10-14-29(40)28(25)22-44/h9-10,12-14,23-24,26-27,30-31H,7-8,11,15-22H2,1-6H3,(H,41,49)(H,42,46)(H,43,48)/b13-9-/t23-,24-,26-,27-,30+,31+,39-/m1/s1. The van der Waals surface area contributed by atoms with Crippen LogP contribution in [0.5, 0.6) is 0 Å². The Hall–Kier alpha value is -4.21. The van der Waals surface area contributed by atoms with Crippen LogP contribution in [-0.2, 0) is 47.0 Å². The quantitative estimate of drug-likeness (QED) is 0.352. The molecule has 2 saturated carbocycles. The second-order valence-corrected chi connectivity index (χ2v) is 19.5. The van der Waals surface area contributed by atoms with Crippen molar-refractivity contribution in [2.24, 2.45) is 17.8 Å². The molecule has 55 heavy (non-hydrogen) atoms. The molecule has 0 radical (unpaired) electrons. The van der Waals surface area contributed by atoms with Crippen molar-refractivity contribution in [3.05, 3.63) is 47.3 Å². The Morgan fingerprint density at radius 2 is 1.84 bits per heavy atom. The number of nitrogens with zero attached hydrogens (tertiary/aromatic N) is 2. The minimum atomic E-state index is -4.03. The molecule has 3 fully saturated rings. The number of benzene rings is 1. The first-order valence-corrected chi connectivity index (χ1v) is 20.8. The van der Waals surface area contributed by atoms with Crippen molar-refractivity contribution >= 4 is 39.9 Å². The van der Waals surface area contributed by atoms with Crippen LogP contribution in [0.1, 0.15) is 104 Å². The van der Waals surface area contributed by atoms with Crippen molar-refractivity contribution in [1.29, 1.82) is 0 Å². The van der Waals surface area contributed by atoms with Crippen LogP contribution in [-0.4, -0.2) is 88.7 Å². The summed E-state index contributed by atoms with van der Waals surface area (Å²) in [4.78, 5) is 72.4. The van der Waals surface area contributed by atoms with Crippen molar-refractivity contribution in [3.8, 4) is 0 Å². The molecule has 3 heterocycles. The molecule has 1 aromatic carbocycles. The van der Waals surface area contributed by atoms with Gasteiger partial charge in [-0.3, -0.25) is 24.0 Å². The lowest BCUT2D eigenvalue weighted by Crippen LogP contribution is -2.59. The average Bonchev–Trinajstić information content (AvgIpc) is 3.89. The van der Waals surface area contributed by atoms with Gasteiger partial charge in [-0.15, -0.1) is 0 Å². The molecule has 1 aromatic rings. The zero-order valence-corrected chi connectivity index (χ0v) is 33.3. The molecule has 2 aliphatic carbocycles. The molecule has 5 aliphatic rings. The number of fused-ring (bicyclic) bond motifs is 3. The first-order valence-electron chi connectivity index (χ1n) is 19.3. The smallest absolute Gasteiger partial charge is 0.410 e. The van der Waals surface area contributed by atoms with Crippen LogP contribution < -0.4 is 15.4 Å². The van der Waals surface area contributed by atoms with Crippen molar-refractivity contribution in [3.63, 3.8) is 0 Å². The van der Waals surface area contributed by atoms with Crippen LogP contribution in [0.3, 0.4) is 0 Å². The molecule has 14 nitrogen and oxygen atoms in total. The molecule has 0 unspecified atom stereocenters. The van der Waals surface area contributed by atoms with Crippen LogP contribution in [0.2, 0.25) is 0 Å². The molecular formula is C39H54FN5O9S. The maximum absolute atomic E-state index is 14.8. The number of nitrogens with one attached hydrogen (secondary N) is 3. The number of carbonyl (C=O) groups is 5. The first kappa shape index (κ1) is 40.5. The highest BCUT2D eigenvalue weighted by Gasteiger charge is 2.63. The van der Waals surface area contributed by atoms with Gasteiger partial charge in [-0.1, -0.05) is 44.6 Å². The van der Waals surface area contributed by atoms with Crippen LogP contribution in [0.15, 0.2) is 30.4 Å². The fraction of sp³-hybridized carbons (Fsp3) is 0.667. The molecule has 5 amide bonds. The third kappa shape index (κ3) is 8.63. The van der Waals surface area contributed by atoms with E-state index in [0.717, 1.165) is 6.42 Å². The van der Waals surface area contributed by atoms with Gasteiger partial charge in [-0.05, 0) is 89.7 Å². The molecule has 0 bridgehead atoms. The molecule has 7 atom stereocenters. The van der Waals surface area contributed by atoms with Crippen molar-refractivity contribution < 1.29 is 46.3 Å². The Morgan fingerprint density at radius 1 is 1.11 bits per heavy atom. The first-order chi connectivity index (χ1) is 25.8. The van der Waals surface area contributed by atoms with E-state index in [0.29, 0.717) is 43.2 Å². The lowest BCUT2D eigenvalue weighted by Gasteiger charge is -2.34. The predicted octanol–water partition coefficient (Wildman–Crippen LogP) is 4.42. The van der Waals surface area contributed by atoms with Crippen LogP contribution >= 0.6 is 0 Å². The monoisotopic (exact) mass is 787 g/mol. The zero-order chi connectivity index (χ0) is 40.1. The zero-order valence-electron chi connectivity index (χ0n) is 32.5. The summed E-state index contributed by atoms with van der Waals surface area (Å²) in [6.45, 7) is 10.6. The number of sulfonamides is 1. The number of rotatable bonds is 6. The summed E-state index contributed by atoms with van der Waals surface area (Å²) in [6.07, 6.45) is 4.53. The lowest BCUT2D eigenvalue weighted by molar-refractivity contribution is -0.142. The van der Waals surface area contributed by atoms with Crippen molar-refractivity contribution in [1.82, 2.24) is 25.2 Å². The Bertz CT molecular complexity index is 1860. The summed E-state index contributed by atoms with van der Waals surface area (Å²) in [5, 5.41) is 5.62. The SMILES string of the molecule is CC[C@@H]1C[C@H](C)CC/C=C\[C@@H]2C[C@@]2(C(=O)NS(=O)(=O)C2(C)CC2)NC(=O)[C@@H]2C[C@@H](OC(=O)N3Cc4cccc(F)c4C3)CN2C(=O)[C@H]1NC(=O)OC(C)(C)C. The normalized spacial score (nSPS) is 31.0. The molecule has 3 aliphatic heterocycles. The summed E-state index contributed by atoms with van der Waals surface area (Å²) < 4.78 is 53.4. The maximum Gasteiger partial charge on any atom is 0.410 e. The Balaban J connectivity index is 1.31. The topological polar surface area (TPSA) is 181 Å². The van der Waals surface area contributed by atoms with E-state index in [9.17, 15) is 36.8 Å². The molecule has 6 rings (SSSR count). The minimum absolute atomic E-state index is 0.00709. The highest BCUT2D eigenvalue weighted by atomic mass is 32.2. The number of halogens is 1. The van der Waals surface area contributed by atoms with Gasteiger partial charge >= 0.3 is 12.2 Å². The van der Waals surface area contributed by atoms with Gasteiger partial charge in [0.15, 0.2) is 0 Å². The van der Waals surface area contributed by atoms with Gasteiger partial charge < -0.3 is 25.0 Å². The number of amides is 5. The Labute approximate surface area is 322 Å². The van der Waals surface area contributed by atoms with E-state index >= 15 is 0 Å². The molecular weight excluding hydrogens is 734 g/mol. The highest BCUT2D eigenvalue weighted by Crippen LogP contribution is 2.47. The van der Waals surface area contributed by atoms with Gasteiger partial charge in [0.05, 0.1) is 17.8 Å². The van der Waals surface area contributed by atoms with Gasteiger partial charge in [0.2, 0.25) is 21.8 Å². The molecule has 16 heteroatoms. The second kappa shape index (κ2) is 15.0. The van der Waals surface area contributed by atoms with Gasteiger partial charge in [-0.25, -0.2) is 22.4 Å². The van der Waals surface area contributed by atoms with Crippen molar-refractivity contribution in [2.75, 3.05) is 6.54 Å². The summed E-state index contributed by atoms with van der Waals surface area (Å²) in [7, 11) is -4.03. The lowest BCUT2D eigenvalue weighted by atomic mass is 9.85.